The largest absolute Gasteiger partial charge is 0.497 e. The fourth-order valence-electron chi connectivity index (χ4n) is 2.86. The monoisotopic (exact) mass is 367 g/mol. The number of carboxylic acids is 1. The highest BCUT2D eigenvalue weighted by Gasteiger charge is 2.31. The lowest BCUT2D eigenvalue weighted by Crippen LogP contribution is -2.45. The summed E-state index contributed by atoms with van der Waals surface area (Å²) < 4.78 is 5.21. The zero-order chi connectivity index (χ0) is 19.7. The standard InChI is InChI=1S/C22H25NO4/c1-22(16-21(25)26,18-12-8-13-19(15-18)27-2)23-20(24)14-7-6-11-17-9-4-3-5-10-17/h3-6,8-13,15H,7,14,16H2,1-2H3,(H,23,24)(H,25,26)/b11-6+. The van der Waals surface area contributed by atoms with Crippen LogP contribution in [0.15, 0.2) is 60.7 Å². The summed E-state index contributed by atoms with van der Waals surface area (Å²) in [5.74, 6) is -0.562. The smallest absolute Gasteiger partial charge is 0.306 e. The molecule has 0 saturated carbocycles. The quantitative estimate of drug-likeness (QED) is 0.702. The van der Waals surface area contributed by atoms with E-state index in [1.165, 1.54) is 0 Å². The maximum atomic E-state index is 12.4. The molecule has 0 radical (unpaired) electrons. The maximum absolute atomic E-state index is 12.4. The van der Waals surface area contributed by atoms with E-state index in [9.17, 15) is 14.7 Å². The number of benzene rings is 2. The fraction of sp³-hybridized carbons (Fsp3) is 0.273. The summed E-state index contributed by atoms with van der Waals surface area (Å²) in [5.41, 5.74) is 0.753. The van der Waals surface area contributed by atoms with Gasteiger partial charge >= 0.3 is 5.97 Å². The minimum Gasteiger partial charge on any atom is -0.497 e. The number of hydrogen-bond acceptors (Lipinski definition) is 3. The molecule has 1 amide bonds. The normalized spacial score (nSPS) is 13.1. The number of hydrogen-bond donors (Lipinski definition) is 2. The second kappa shape index (κ2) is 9.57. The van der Waals surface area contributed by atoms with Crippen LogP contribution in [0.2, 0.25) is 0 Å². The van der Waals surface area contributed by atoms with Gasteiger partial charge in [-0.25, -0.2) is 0 Å². The number of ether oxygens (including phenoxy) is 1. The Morgan fingerprint density at radius 2 is 1.89 bits per heavy atom. The van der Waals surface area contributed by atoms with Crippen LogP contribution in [0.5, 0.6) is 5.75 Å². The molecule has 1 unspecified atom stereocenters. The number of methoxy groups -OCH3 is 1. The lowest BCUT2D eigenvalue weighted by Gasteiger charge is -2.30. The number of carbonyl (C=O) groups excluding carboxylic acids is 1. The molecular formula is C22H25NO4. The van der Waals surface area contributed by atoms with Gasteiger partial charge in [0.15, 0.2) is 0 Å². The first-order valence-corrected chi connectivity index (χ1v) is 8.82. The molecule has 2 rings (SSSR count). The second-order valence-electron chi connectivity index (χ2n) is 6.53. The average Bonchev–Trinajstić information content (AvgIpc) is 2.65. The van der Waals surface area contributed by atoms with Gasteiger partial charge in [0.25, 0.3) is 0 Å². The van der Waals surface area contributed by atoms with Crippen LogP contribution in [0.4, 0.5) is 0 Å². The van der Waals surface area contributed by atoms with Gasteiger partial charge in [-0.05, 0) is 36.6 Å². The van der Waals surface area contributed by atoms with Crippen LogP contribution < -0.4 is 10.1 Å². The summed E-state index contributed by atoms with van der Waals surface area (Å²) in [6, 6.07) is 16.9. The molecule has 27 heavy (non-hydrogen) atoms. The highest BCUT2D eigenvalue weighted by atomic mass is 16.5. The van der Waals surface area contributed by atoms with Gasteiger partial charge in [0, 0.05) is 6.42 Å². The summed E-state index contributed by atoms with van der Waals surface area (Å²) in [7, 11) is 1.55. The minimum atomic E-state index is -1.01. The van der Waals surface area contributed by atoms with Crippen molar-refractivity contribution in [1.29, 1.82) is 0 Å². The molecule has 0 fully saturated rings. The van der Waals surface area contributed by atoms with Gasteiger partial charge < -0.3 is 15.2 Å². The van der Waals surface area contributed by atoms with Gasteiger partial charge in [0.05, 0.1) is 19.1 Å². The number of amides is 1. The third-order valence-electron chi connectivity index (χ3n) is 4.27. The van der Waals surface area contributed by atoms with Crippen molar-refractivity contribution in [2.24, 2.45) is 0 Å². The van der Waals surface area contributed by atoms with Crippen LogP contribution in [0.1, 0.15) is 37.3 Å². The Bertz CT molecular complexity index is 801. The van der Waals surface area contributed by atoms with Crippen LogP contribution in [-0.2, 0) is 15.1 Å². The van der Waals surface area contributed by atoms with E-state index in [2.05, 4.69) is 5.32 Å². The molecule has 0 aliphatic heterocycles. The van der Waals surface area contributed by atoms with Crippen LogP contribution in [0.25, 0.3) is 6.08 Å². The zero-order valence-electron chi connectivity index (χ0n) is 15.6. The van der Waals surface area contributed by atoms with Crippen molar-refractivity contribution in [3.8, 4) is 5.75 Å². The number of carbonyl (C=O) groups is 2. The Morgan fingerprint density at radius 1 is 1.15 bits per heavy atom. The molecule has 1 atom stereocenters. The Kier molecular flexibility index (Phi) is 7.17. The molecule has 0 spiro atoms. The summed E-state index contributed by atoms with van der Waals surface area (Å²) in [6.45, 7) is 1.72. The van der Waals surface area contributed by atoms with Crippen molar-refractivity contribution in [1.82, 2.24) is 5.32 Å². The van der Waals surface area contributed by atoms with E-state index in [1.54, 1.807) is 38.3 Å². The van der Waals surface area contributed by atoms with Crippen molar-refractivity contribution >= 4 is 18.0 Å². The van der Waals surface area contributed by atoms with Gasteiger partial charge in [0.1, 0.15) is 5.75 Å². The van der Waals surface area contributed by atoms with Crippen LogP contribution in [0.3, 0.4) is 0 Å². The first kappa shape index (κ1) is 20.2. The van der Waals surface area contributed by atoms with E-state index in [1.807, 2.05) is 42.5 Å². The lowest BCUT2D eigenvalue weighted by atomic mass is 9.88. The molecule has 0 heterocycles. The van der Waals surface area contributed by atoms with E-state index < -0.39 is 11.5 Å². The molecule has 0 saturated heterocycles. The SMILES string of the molecule is COc1cccc(C(C)(CC(=O)O)NC(=O)CC/C=C/c2ccccc2)c1. The number of carboxylic acid groups (broad SMARTS) is 1. The summed E-state index contributed by atoms with van der Waals surface area (Å²) in [4.78, 5) is 23.8. The molecule has 0 aromatic heterocycles. The Hall–Kier alpha value is -3.08. The zero-order valence-corrected chi connectivity index (χ0v) is 15.6. The number of nitrogens with one attached hydrogen (secondary N) is 1. The maximum Gasteiger partial charge on any atom is 0.306 e. The summed E-state index contributed by atoms with van der Waals surface area (Å²) >= 11 is 0. The van der Waals surface area contributed by atoms with Gasteiger partial charge in [-0.3, -0.25) is 9.59 Å². The third kappa shape index (κ3) is 6.29. The Labute approximate surface area is 159 Å². The summed E-state index contributed by atoms with van der Waals surface area (Å²) in [6.07, 6.45) is 4.54. The van der Waals surface area contributed by atoms with Crippen LogP contribution in [-0.4, -0.2) is 24.1 Å². The third-order valence-corrected chi connectivity index (χ3v) is 4.27. The Morgan fingerprint density at radius 3 is 2.56 bits per heavy atom. The summed E-state index contributed by atoms with van der Waals surface area (Å²) in [5, 5.41) is 12.2. The molecule has 0 aliphatic rings. The topological polar surface area (TPSA) is 75.6 Å². The van der Waals surface area contributed by atoms with E-state index in [0.717, 1.165) is 5.56 Å². The van der Waals surface area contributed by atoms with Crippen molar-refractivity contribution in [2.45, 2.75) is 31.7 Å². The fourth-order valence-corrected chi connectivity index (χ4v) is 2.86. The van der Waals surface area contributed by atoms with Gasteiger partial charge in [-0.15, -0.1) is 0 Å². The van der Waals surface area contributed by atoms with Crippen molar-refractivity contribution in [3.05, 3.63) is 71.8 Å². The van der Waals surface area contributed by atoms with E-state index in [4.69, 9.17) is 4.74 Å². The predicted octanol–water partition coefficient (Wildman–Crippen LogP) is 3.99. The molecule has 2 aromatic carbocycles. The van der Waals surface area contributed by atoms with E-state index in [0.29, 0.717) is 17.7 Å². The van der Waals surface area contributed by atoms with E-state index >= 15 is 0 Å². The molecule has 2 aromatic rings. The average molecular weight is 367 g/mol. The second-order valence-corrected chi connectivity index (χ2v) is 6.53. The van der Waals surface area contributed by atoms with Crippen LogP contribution >= 0.6 is 0 Å². The van der Waals surface area contributed by atoms with Gasteiger partial charge in [0.2, 0.25) is 5.91 Å². The molecular weight excluding hydrogens is 342 g/mol. The first-order chi connectivity index (χ1) is 12.9. The molecule has 2 N–H and O–H groups in total. The van der Waals surface area contributed by atoms with E-state index in [-0.39, 0.29) is 18.7 Å². The highest BCUT2D eigenvalue weighted by Crippen LogP contribution is 2.28. The molecule has 142 valence electrons. The number of rotatable bonds is 9. The van der Waals surface area contributed by atoms with Crippen LogP contribution in [0, 0.1) is 0 Å². The van der Waals surface area contributed by atoms with Crippen molar-refractivity contribution in [3.63, 3.8) is 0 Å². The van der Waals surface area contributed by atoms with Gasteiger partial charge in [-0.2, -0.15) is 0 Å². The molecule has 0 aliphatic carbocycles. The number of aliphatic carboxylic acids is 1. The number of allylic oxidation sites excluding steroid dienone is 1. The Balaban J connectivity index is 2.03. The first-order valence-electron chi connectivity index (χ1n) is 8.82. The van der Waals surface area contributed by atoms with Gasteiger partial charge in [-0.1, -0.05) is 54.6 Å². The molecule has 5 heteroatoms. The highest BCUT2D eigenvalue weighted by molar-refractivity contribution is 5.79. The minimum absolute atomic E-state index is 0.195. The van der Waals surface area contributed by atoms with Crippen molar-refractivity contribution < 1.29 is 19.4 Å². The molecule has 5 nitrogen and oxygen atoms in total. The van der Waals surface area contributed by atoms with Crippen molar-refractivity contribution in [2.75, 3.05) is 7.11 Å². The lowest BCUT2D eigenvalue weighted by molar-refractivity contribution is -0.139. The predicted molar refractivity (Wildman–Crippen MR) is 105 cm³/mol. The molecule has 0 bridgehead atoms.